The quantitative estimate of drug-likeness (QED) is 0.667. The van der Waals surface area contributed by atoms with Crippen molar-refractivity contribution in [3.63, 3.8) is 0 Å². The molecule has 0 aromatic heterocycles. The van der Waals surface area contributed by atoms with Crippen molar-refractivity contribution in [2.75, 3.05) is 19.4 Å². The van der Waals surface area contributed by atoms with E-state index in [9.17, 15) is 9.59 Å². The molecule has 0 spiro atoms. The number of nitrogens with two attached hydrogens (primary N) is 2. The van der Waals surface area contributed by atoms with Gasteiger partial charge >= 0.3 is 0 Å². The molecule has 0 aliphatic rings. The van der Waals surface area contributed by atoms with E-state index in [4.69, 9.17) is 27.8 Å². The summed E-state index contributed by atoms with van der Waals surface area (Å²) in [7, 11) is 1.40. The van der Waals surface area contributed by atoms with Gasteiger partial charge in [0.05, 0.1) is 29.9 Å². The number of anilines is 1. The molecule has 0 fully saturated rings. The van der Waals surface area contributed by atoms with Crippen LogP contribution in [-0.4, -0.2) is 25.5 Å². The zero-order chi connectivity index (χ0) is 13.0. The Morgan fingerprint density at radius 1 is 1.47 bits per heavy atom. The third-order valence-corrected chi connectivity index (χ3v) is 2.31. The fourth-order valence-corrected chi connectivity index (χ4v) is 1.34. The van der Waals surface area contributed by atoms with E-state index in [-0.39, 0.29) is 22.9 Å². The summed E-state index contributed by atoms with van der Waals surface area (Å²) in [6, 6.07) is 2.80. The Hall–Kier alpha value is -1.95. The van der Waals surface area contributed by atoms with Gasteiger partial charge in [-0.1, -0.05) is 11.6 Å². The predicted molar refractivity (Wildman–Crippen MR) is 63.9 cm³/mol. The Labute approximate surface area is 103 Å². The van der Waals surface area contributed by atoms with Gasteiger partial charge in [0, 0.05) is 6.07 Å². The number of methoxy groups -OCH3 is 1. The van der Waals surface area contributed by atoms with Crippen LogP contribution >= 0.6 is 11.6 Å². The van der Waals surface area contributed by atoms with Crippen molar-refractivity contribution in [3.05, 3.63) is 22.7 Å². The molecule has 2 amide bonds. The summed E-state index contributed by atoms with van der Waals surface area (Å²) < 4.78 is 4.99. The van der Waals surface area contributed by atoms with E-state index in [1.165, 1.54) is 19.2 Å². The molecule has 0 unspecified atom stereocenters. The van der Waals surface area contributed by atoms with Crippen LogP contribution in [0.2, 0.25) is 5.02 Å². The molecule has 17 heavy (non-hydrogen) atoms. The molecule has 92 valence electrons. The average molecular weight is 258 g/mol. The molecular formula is C10H12ClN3O3. The smallest absolute Gasteiger partial charge is 0.255 e. The summed E-state index contributed by atoms with van der Waals surface area (Å²) in [6.07, 6.45) is 0. The molecule has 7 heteroatoms. The zero-order valence-corrected chi connectivity index (χ0v) is 9.88. The van der Waals surface area contributed by atoms with Crippen LogP contribution in [-0.2, 0) is 4.79 Å². The fourth-order valence-electron chi connectivity index (χ4n) is 1.18. The SMILES string of the molecule is COc1cc(N)c(Cl)cc1C(=O)NCC(N)=O. The standard InChI is InChI=1S/C10H12ClN3O3/c1-17-8-3-7(12)6(11)2-5(8)10(16)14-4-9(13)15/h2-3H,4,12H2,1H3,(H2,13,15)(H,14,16). The van der Waals surface area contributed by atoms with Gasteiger partial charge in [0.1, 0.15) is 5.75 Å². The van der Waals surface area contributed by atoms with E-state index in [1.807, 2.05) is 0 Å². The fraction of sp³-hybridized carbons (Fsp3) is 0.200. The number of amides is 2. The molecule has 0 aliphatic carbocycles. The number of primary amides is 1. The monoisotopic (exact) mass is 257 g/mol. The lowest BCUT2D eigenvalue weighted by Gasteiger charge is -2.10. The van der Waals surface area contributed by atoms with Crippen molar-refractivity contribution in [2.24, 2.45) is 5.73 Å². The number of nitrogens with one attached hydrogen (secondary N) is 1. The van der Waals surface area contributed by atoms with Crippen LogP contribution in [0.25, 0.3) is 0 Å². The molecule has 0 bridgehead atoms. The summed E-state index contributed by atoms with van der Waals surface area (Å²) in [5, 5.41) is 2.56. The first-order valence-corrected chi connectivity index (χ1v) is 5.03. The highest BCUT2D eigenvalue weighted by molar-refractivity contribution is 6.33. The average Bonchev–Trinajstić information content (AvgIpc) is 2.28. The maximum absolute atomic E-state index is 11.7. The highest BCUT2D eigenvalue weighted by atomic mass is 35.5. The van der Waals surface area contributed by atoms with Crippen LogP contribution in [0.5, 0.6) is 5.75 Å². The third-order valence-electron chi connectivity index (χ3n) is 1.99. The second-order valence-electron chi connectivity index (χ2n) is 3.22. The van der Waals surface area contributed by atoms with Gasteiger partial charge in [-0.2, -0.15) is 0 Å². The Bertz CT molecular complexity index is 462. The van der Waals surface area contributed by atoms with E-state index in [0.717, 1.165) is 0 Å². The molecule has 0 saturated carbocycles. The van der Waals surface area contributed by atoms with E-state index in [1.54, 1.807) is 0 Å². The molecule has 0 heterocycles. The maximum Gasteiger partial charge on any atom is 0.255 e. The van der Waals surface area contributed by atoms with Crippen LogP contribution in [0, 0.1) is 0 Å². The van der Waals surface area contributed by atoms with E-state index in [0.29, 0.717) is 5.69 Å². The lowest BCUT2D eigenvalue weighted by atomic mass is 10.1. The molecule has 6 nitrogen and oxygen atoms in total. The van der Waals surface area contributed by atoms with Crippen LogP contribution < -0.4 is 21.5 Å². The first-order chi connectivity index (χ1) is 7.95. The minimum atomic E-state index is -0.640. The first kappa shape index (κ1) is 13.1. The van der Waals surface area contributed by atoms with Gasteiger partial charge < -0.3 is 21.5 Å². The summed E-state index contributed by atoms with van der Waals surface area (Å²) in [5.41, 5.74) is 11.0. The largest absolute Gasteiger partial charge is 0.496 e. The lowest BCUT2D eigenvalue weighted by Crippen LogP contribution is -2.33. The zero-order valence-electron chi connectivity index (χ0n) is 9.12. The number of carbonyl (C=O) groups excluding carboxylic acids is 2. The summed E-state index contributed by atoms with van der Waals surface area (Å²) in [6.45, 7) is -0.260. The minimum absolute atomic E-state index is 0.188. The van der Waals surface area contributed by atoms with Crippen LogP contribution in [0.3, 0.4) is 0 Å². The number of carbonyl (C=O) groups is 2. The Balaban J connectivity index is 2.99. The molecular weight excluding hydrogens is 246 g/mol. The summed E-state index contributed by atoms with van der Waals surface area (Å²) >= 11 is 5.80. The first-order valence-electron chi connectivity index (χ1n) is 4.65. The molecule has 0 atom stereocenters. The third kappa shape index (κ3) is 3.25. The van der Waals surface area contributed by atoms with Crippen molar-refractivity contribution >= 4 is 29.1 Å². The molecule has 5 N–H and O–H groups in total. The molecule has 1 aromatic rings. The van der Waals surface area contributed by atoms with E-state index >= 15 is 0 Å². The highest BCUT2D eigenvalue weighted by Crippen LogP contribution is 2.28. The number of hydrogen-bond donors (Lipinski definition) is 3. The number of benzene rings is 1. The highest BCUT2D eigenvalue weighted by Gasteiger charge is 2.15. The number of halogens is 1. The second-order valence-corrected chi connectivity index (χ2v) is 3.63. The Morgan fingerprint density at radius 3 is 2.65 bits per heavy atom. The van der Waals surface area contributed by atoms with Crippen molar-refractivity contribution in [1.29, 1.82) is 0 Å². The predicted octanol–water partition coefficient (Wildman–Crippen LogP) is 0.146. The lowest BCUT2D eigenvalue weighted by molar-refractivity contribution is -0.117. The molecule has 0 aliphatic heterocycles. The maximum atomic E-state index is 11.7. The summed E-state index contributed by atoms with van der Waals surface area (Å²) in [4.78, 5) is 22.2. The van der Waals surface area contributed by atoms with Gasteiger partial charge in [-0.3, -0.25) is 9.59 Å². The van der Waals surface area contributed by atoms with Gasteiger partial charge in [0.25, 0.3) is 5.91 Å². The second kappa shape index (κ2) is 5.40. The van der Waals surface area contributed by atoms with E-state index < -0.39 is 11.8 Å². The van der Waals surface area contributed by atoms with Gasteiger partial charge in [-0.15, -0.1) is 0 Å². The molecule has 1 aromatic carbocycles. The van der Waals surface area contributed by atoms with Crippen molar-refractivity contribution in [2.45, 2.75) is 0 Å². The number of nitrogen functional groups attached to an aromatic ring is 1. The van der Waals surface area contributed by atoms with Crippen LogP contribution in [0.1, 0.15) is 10.4 Å². The van der Waals surface area contributed by atoms with Crippen molar-refractivity contribution in [1.82, 2.24) is 5.32 Å². The van der Waals surface area contributed by atoms with Crippen LogP contribution in [0.4, 0.5) is 5.69 Å². The molecule has 0 saturated heterocycles. The summed E-state index contributed by atoms with van der Waals surface area (Å²) in [5.74, 6) is -0.879. The van der Waals surface area contributed by atoms with Gasteiger partial charge in [-0.25, -0.2) is 0 Å². The van der Waals surface area contributed by atoms with Crippen molar-refractivity contribution in [3.8, 4) is 5.75 Å². The van der Waals surface area contributed by atoms with Crippen LogP contribution in [0.15, 0.2) is 12.1 Å². The van der Waals surface area contributed by atoms with Gasteiger partial charge in [0.2, 0.25) is 5.91 Å². The van der Waals surface area contributed by atoms with Gasteiger partial charge in [-0.05, 0) is 6.07 Å². The molecule has 1 rings (SSSR count). The molecule has 0 radical (unpaired) electrons. The number of ether oxygens (including phenoxy) is 1. The number of hydrogen-bond acceptors (Lipinski definition) is 4. The number of rotatable bonds is 4. The minimum Gasteiger partial charge on any atom is -0.496 e. The normalized spacial score (nSPS) is 9.76. The Morgan fingerprint density at radius 2 is 2.12 bits per heavy atom. The topological polar surface area (TPSA) is 107 Å². The Kier molecular flexibility index (Phi) is 4.17. The van der Waals surface area contributed by atoms with Crippen molar-refractivity contribution < 1.29 is 14.3 Å². The van der Waals surface area contributed by atoms with Gasteiger partial charge in [0.15, 0.2) is 0 Å². The van der Waals surface area contributed by atoms with E-state index in [2.05, 4.69) is 5.32 Å².